The number of rotatable bonds is 8. The molecule has 0 aromatic rings. The van der Waals surface area contributed by atoms with E-state index in [2.05, 4.69) is 18.7 Å². The highest BCUT2D eigenvalue weighted by molar-refractivity contribution is 5.75. The molecule has 0 aliphatic rings. The van der Waals surface area contributed by atoms with Gasteiger partial charge in [-0.1, -0.05) is 0 Å². The highest BCUT2D eigenvalue weighted by Gasteiger charge is 2.07. The fourth-order valence-electron chi connectivity index (χ4n) is 1.45. The Balaban J connectivity index is 3.55. The van der Waals surface area contributed by atoms with Gasteiger partial charge in [-0.25, -0.2) is 0 Å². The first-order valence-electron chi connectivity index (χ1n) is 5.42. The van der Waals surface area contributed by atoms with Crippen LogP contribution in [0.4, 0.5) is 0 Å². The number of carbonyl (C=O) groups is 1. The van der Waals surface area contributed by atoms with Crippen LogP contribution >= 0.6 is 0 Å². The van der Waals surface area contributed by atoms with Crippen molar-refractivity contribution in [2.45, 2.75) is 46.1 Å². The molecule has 84 valence electrons. The van der Waals surface area contributed by atoms with Crippen LogP contribution in [0.2, 0.25) is 0 Å². The van der Waals surface area contributed by atoms with Gasteiger partial charge < -0.3 is 9.90 Å². The molecule has 0 saturated carbocycles. The summed E-state index contributed by atoms with van der Waals surface area (Å²) in [7, 11) is 0. The number of nitrogens with zero attached hydrogens (tertiary/aromatic N) is 1. The van der Waals surface area contributed by atoms with Crippen LogP contribution in [0.15, 0.2) is 0 Å². The highest BCUT2D eigenvalue weighted by Crippen LogP contribution is 2.03. The first kappa shape index (κ1) is 13.6. The van der Waals surface area contributed by atoms with E-state index >= 15 is 0 Å². The zero-order valence-corrected chi connectivity index (χ0v) is 9.62. The molecule has 0 radical (unpaired) electrons. The maximum absolute atomic E-state index is 10.7. The Labute approximate surface area is 87.1 Å². The van der Waals surface area contributed by atoms with E-state index in [1.807, 2.05) is 0 Å². The second-order valence-corrected chi connectivity index (χ2v) is 4.01. The van der Waals surface area contributed by atoms with E-state index < -0.39 is 0 Å². The van der Waals surface area contributed by atoms with E-state index in [9.17, 15) is 4.79 Å². The van der Waals surface area contributed by atoms with Crippen LogP contribution < -0.4 is 0 Å². The minimum Gasteiger partial charge on any atom is -0.395 e. The van der Waals surface area contributed by atoms with Crippen molar-refractivity contribution in [3.05, 3.63) is 0 Å². The van der Waals surface area contributed by atoms with E-state index in [1.165, 1.54) is 0 Å². The molecule has 0 amide bonds. The molecule has 0 aliphatic heterocycles. The molecule has 3 nitrogen and oxygen atoms in total. The van der Waals surface area contributed by atoms with Crippen molar-refractivity contribution in [2.75, 3.05) is 19.7 Å². The van der Waals surface area contributed by atoms with Gasteiger partial charge in [0.25, 0.3) is 0 Å². The van der Waals surface area contributed by atoms with Crippen molar-refractivity contribution >= 4 is 5.78 Å². The van der Waals surface area contributed by atoms with E-state index in [-0.39, 0.29) is 12.4 Å². The fraction of sp³-hybridized carbons (Fsp3) is 0.909. The standard InChI is InChI=1S/C11H23NO2/c1-10(2)12(8-9-13)7-5-4-6-11(3)14/h10,13H,4-9H2,1-3H3. The first-order chi connectivity index (χ1) is 6.57. The molecule has 0 aromatic heterocycles. The van der Waals surface area contributed by atoms with Crippen LogP contribution in [0.1, 0.15) is 40.0 Å². The van der Waals surface area contributed by atoms with Crippen molar-refractivity contribution in [1.29, 1.82) is 0 Å². The molecule has 0 unspecified atom stereocenters. The van der Waals surface area contributed by atoms with Gasteiger partial charge in [0, 0.05) is 19.0 Å². The third kappa shape index (κ3) is 7.04. The maximum atomic E-state index is 10.7. The minimum absolute atomic E-state index is 0.213. The van der Waals surface area contributed by atoms with Crippen LogP contribution in [-0.2, 0) is 4.79 Å². The number of unbranched alkanes of at least 4 members (excludes halogenated alkanes) is 1. The van der Waals surface area contributed by atoms with Crippen LogP contribution in [0.5, 0.6) is 0 Å². The Kier molecular flexibility index (Phi) is 7.71. The summed E-state index contributed by atoms with van der Waals surface area (Å²) in [6, 6.07) is 0.472. The molecular formula is C11H23NO2. The molecule has 14 heavy (non-hydrogen) atoms. The average Bonchev–Trinajstić information content (AvgIpc) is 2.09. The van der Waals surface area contributed by atoms with Crippen molar-refractivity contribution in [1.82, 2.24) is 4.90 Å². The molecule has 0 bridgehead atoms. The van der Waals surface area contributed by atoms with E-state index in [0.717, 1.165) is 25.9 Å². The minimum atomic E-state index is 0.213. The summed E-state index contributed by atoms with van der Waals surface area (Å²) in [5, 5.41) is 8.83. The normalized spacial score (nSPS) is 11.3. The number of hydrogen-bond donors (Lipinski definition) is 1. The van der Waals surface area contributed by atoms with Crippen LogP contribution in [0, 0.1) is 0 Å². The molecule has 3 heteroatoms. The molecule has 0 saturated heterocycles. The number of Topliss-reactive ketones (excluding diaryl/α,β-unsaturated/α-hetero) is 1. The van der Waals surface area contributed by atoms with Gasteiger partial charge in [-0.2, -0.15) is 0 Å². The van der Waals surface area contributed by atoms with Crippen LogP contribution in [0.25, 0.3) is 0 Å². The summed E-state index contributed by atoms with van der Waals surface area (Å²) in [5.41, 5.74) is 0. The second kappa shape index (κ2) is 7.94. The fourth-order valence-corrected chi connectivity index (χ4v) is 1.45. The van der Waals surface area contributed by atoms with Crippen molar-refractivity contribution in [3.8, 4) is 0 Å². The Morgan fingerprint density at radius 3 is 2.36 bits per heavy atom. The molecule has 0 spiro atoms. The molecule has 0 heterocycles. The SMILES string of the molecule is CC(=O)CCCCN(CCO)C(C)C. The third-order valence-corrected chi connectivity index (χ3v) is 2.34. The number of hydrogen-bond acceptors (Lipinski definition) is 3. The zero-order chi connectivity index (χ0) is 11.0. The van der Waals surface area contributed by atoms with Gasteiger partial charge in [-0.05, 0) is 40.2 Å². The monoisotopic (exact) mass is 201 g/mol. The lowest BCUT2D eigenvalue weighted by Crippen LogP contribution is -2.34. The Bertz CT molecular complexity index is 157. The van der Waals surface area contributed by atoms with E-state index in [4.69, 9.17) is 5.11 Å². The predicted molar refractivity (Wildman–Crippen MR) is 58.3 cm³/mol. The molecule has 0 aliphatic carbocycles. The molecule has 1 N–H and O–H groups in total. The van der Waals surface area contributed by atoms with E-state index in [0.29, 0.717) is 12.5 Å². The predicted octanol–water partition coefficient (Wildman–Crippen LogP) is 1.45. The Morgan fingerprint density at radius 2 is 1.93 bits per heavy atom. The molecule has 0 aromatic carbocycles. The first-order valence-corrected chi connectivity index (χ1v) is 5.42. The van der Waals surface area contributed by atoms with Gasteiger partial charge in [0.2, 0.25) is 0 Å². The summed E-state index contributed by atoms with van der Waals surface area (Å²) in [6.45, 7) is 7.81. The number of aliphatic hydroxyl groups excluding tert-OH is 1. The number of aliphatic hydroxyl groups is 1. The quantitative estimate of drug-likeness (QED) is 0.604. The smallest absolute Gasteiger partial charge is 0.129 e. The van der Waals surface area contributed by atoms with Crippen molar-refractivity contribution in [2.24, 2.45) is 0 Å². The zero-order valence-electron chi connectivity index (χ0n) is 9.62. The number of carbonyl (C=O) groups excluding carboxylic acids is 1. The summed E-state index contributed by atoms with van der Waals surface area (Å²) < 4.78 is 0. The molecule has 0 atom stereocenters. The summed E-state index contributed by atoms with van der Waals surface area (Å²) >= 11 is 0. The lowest BCUT2D eigenvalue weighted by molar-refractivity contribution is -0.117. The second-order valence-electron chi connectivity index (χ2n) is 4.01. The molecule has 0 fully saturated rings. The topological polar surface area (TPSA) is 40.5 Å². The summed E-state index contributed by atoms with van der Waals surface area (Å²) in [4.78, 5) is 12.9. The van der Waals surface area contributed by atoms with E-state index in [1.54, 1.807) is 6.92 Å². The number of ketones is 1. The van der Waals surface area contributed by atoms with Gasteiger partial charge in [0.1, 0.15) is 5.78 Å². The molecular weight excluding hydrogens is 178 g/mol. The van der Waals surface area contributed by atoms with Gasteiger partial charge in [0.05, 0.1) is 6.61 Å². The van der Waals surface area contributed by atoms with Gasteiger partial charge in [-0.3, -0.25) is 4.90 Å². The maximum Gasteiger partial charge on any atom is 0.129 e. The average molecular weight is 201 g/mol. The van der Waals surface area contributed by atoms with Crippen molar-refractivity contribution < 1.29 is 9.90 Å². The highest BCUT2D eigenvalue weighted by atomic mass is 16.3. The van der Waals surface area contributed by atoms with Crippen LogP contribution in [0.3, 0.4) is 0 Å². The van der Waals surface area contributed by atoms with Crippen molar-refractivity contribution in [3.63, 3.8) is 0 Å². The third-order valence-electron chi connectivity index (χ3n) is 2.34. The lowest BCUT2D eigenvalue weighted by atomic mass is 10.2. The van der Waals surface area contributed by atoms with Gasteiger partial charge >= 0.3 is 0 Å². The van der Waals surface area contributed by atoms with Gasteiger partial charge in [-0.15, -0.1) is 0 Å². The summed E-state index contributed by atoms with van der Waals surface area (Å²) in [6.07, 6.45) is 2.69. The Morgan fingerprint density at radius 1 is 1.29 bits per heavy atom. The largest absolute Gasteiger partial charge is 0.395 e. The van der Waals surface area contributed by atoms with Crippen LogP contribution in [-0.4, -0.2) is 41.5 Å². The molecule has 0 rings (SSSR count). The van der Waals surface area contributed by atoms with Gasteiger partial charge in [0.15, 0.2) is 0 Å². The Hall–Kier alpha value is -0.410. The summed E-state index contributed by atoms with van der Waals surface area (Å²) in [5.74, 6) is 0.267. The lowest BCUT2D eigenvalue weighted by Gasteiger charge is -2.25.